The van der Waals surface area contributed by atoms with Crippen molar-refractivity contribution in [1.82, 2.24) is 4.98 Å². The Hall–Kier alpha value is -1.37. The minimum absolute atomic E-state index is 0.238. The van der Waals surface area contributed by atoms with Gasteiger partial charge < -0.3 is 11.1 Å². The lowest BCUT2D eigenvalue weighted by atomic mass is 10.2. The standard InChI is InChI=1S/C12H11FIN3/c13-9-3-1-2-8(4-9)6-16-11-5-10(14)7-17-12(11)15/h1-5,7,16H,6H2,(H2,15,17). The van der Waals surface area contributed by atoms with E-state index >= 15 is 0 Å². The van der Waals surface area contributed by atoms with Gasteiger partial charge in [0.1, 0.15) is 11.6 Å². The first-order valence-electron chi connectivity index (χ1n) is 5.04. The fourth-order valence-electron chi connectivity index (χ4n) is 1.44. The smallest absolute Gasteiger partial charge is 0.146 e. The van der Waals surface area contributed by atoms with E-state index in [1.54, 1.807) is 12.3 Å². The van der Waals surface area contributed by atoms with E-state index in [0.717, 1.165) is 14.8 Å². The summed E-state index contributed by atoms with van der Waals surface area (Å²) in [7, 11) is 0. The quantitative estimate of drug-likeness (QED) is 0.843. The van der Waals surface area contributed by atoms with E-state index in [0.29, 0.717) is 12.4 Å². The topological polar surface area (TPSA) is 50.9 Å². The minimum atomic E-state index is -0.238. The van der Waals surface area contributed by atoms with Gasteiger partial charge in [-0.2, -0.15) is 0 Å². The molecule has 3 nitrogen and oxygen atoms in total. The van der Waals surface area contributed by atoms with Crippen LogP contribution in [0.3, 0.4) is 0 Å². The molecule has 0 spiro atoms. The van der Waals surface area contributed by atoms with Gasteiger partial charge in [-0.3, -0.25) is 0 Å². The van der Waals surface area contributed by atoms with Crippen molar-refractivity contribution in [2.75, 3.05) is 11.1 Å². The third-order valence-electron chi connectivity index (χ3n) is 2.26. The second-order valence-corrected chi connectivity index (χ2v) is 4.82. The van der Waals surface area contributed by atoms with Gasteiger partial charge in [-0.05, 0) is 46.4 Å². The number of aromatic nitrogens is 1. The van der Waals surface area contributed by atoms with E-state index in [-0.39, 0.29) is 5.82 Å². The molecule has 0 aliphatic heterocycles. The van der Waals surface area contributed by atoms with Crippen LogP contribution in [0.1, 0.15) is 5.56 Å². The highest BCUT2D eigenvalue weighted by Crippen LogP contribution is 2.19. The first-order valence-corrected chi connectivity index (χ1v) is 6.12. The van der Waals surface area contributed by atoms with Crippen molar-refractivity contribution < 1.29 is 4.39 Å². The molecule has 17 heavy (non-hydrogen) atoms. The van der Waals surface area contributed by atoms with Crippen LogP contribution in [0.2, 0.25) is 0 Å². The lowest BCUT2D eigenvalue weighted by molar-refractivity contribution is 0.626. The van der Waals surface area contributed by atoms with E-state index in [2.05, 4.69) is 32.9 Å². The predicted molar refractivity (Wildman–Crippen MR) is 75.1 cm³/mol. The molecule has 1 heterocycles. The summed E-state index contributed by atoms with van der Waals surface area (Å²) in [6, 6.07) is 8.36. The Labute approximate surface area is 112 Å². The van der Waals surface area contributed by atoms with Gasteiger partial charge in [0.05, 0.1) is 5.69 Å². The number of nitrogens with zero attached hydrogens (tertiary/aromatic N) is 1. The Morgan fingerprint density at radius 2 is 2.18 bits per heavy atom. The van der Waals surface area contributed by atoms with Gasteiger partial charge in [0.25, 0.3) is 0 Å². The Morgan fingerprint density at radius 1 is 1.35 bits per heavy atom. The highest BCUT2D eigenvalue weighted by Gasteiger charge is 2.01. The maximum atomic E-state index is 13.0. The Bertz CT molecular complexity index is 531. The van der Waals surface area contributed by atoms with Gasteiger partial charge in [-0.1, -0.05) is 12.1 Å². The van der Waals surface area contributed by atoms with Crippen molar-refractivity contribution in [3.63, 3.8) is 0 Å². The fourth-order valence-corrected chi connectivity index (χ4v) is 1.89. The summed E-state index contributed by atoms with van der Waals surface area (Å²) in [5.41, 5.74) is 7.36. The zero-order valence-electron chi connectivity index (χ0n) is 8.95. The van der Waals surface area contributed by atoms with Gasteiger partial charge in [0.15, 0.2) is 0 Å². The number of rotatable bonds is 3. The zero-order chi connectivity index (χ0) is 12.3. The summed E-state index contributed by atoms with van der Waals surface area (Å²) in [6.45, 7) is 0.518. The Balaban J connectivity index is 2.09. The summed E-state index contributed by atoms with van der Waals surface area (Å²) in [6.07, 6.45) is 1.70. The minimum Gasteiger partial charge on any atom is -0.382 e. The lowest BCUT2D eigenvalue weighted by Crippen LogP contribution is -2.04. The molecule has 0 amide bonds. The van der Waals surface area contributed by atoms with Crippen LogP contribution in [-0.4, -0.2) is 4.98 Å². The highest BCUT2D eigenvalue weighted by atomic mass is 127. The number of pyridine rings is 1. The molecule has 2 aromatic rings. The van der Waals surface area contributed by atoms with E-state index in [9.17, 15) is 4.39 Å². The molecule has 0 unspecified atom stereocenters. The SMILES string of the molecule is Nc1ncc(I)cc1NCc1cccc(F)c1. The number of hydrogen-bond donors (Lipinski definition) is 2. The molecule has 0 aliphatic carbocycles. The molecule has 0 saturated heterocycles. The maximum absolute atomic E-state index is 13.0. The molecule has 0 aliphatic rings. The van der Waals surface area contributed by atoms with Crippen LogP contribution >= 0.6 is 22.6 Å². The van der Waals surface area contributed by atoms with Crippen LogP contribution in [0.5, 0.6) is 0 Å². The summed E-state index contributed by atoms with van der Waals surface area (Å²) in [4.78, 5) is 4.04. The van der Waals surface area contributed by atoms with Crippen molar-refractivity contribution in [1.29, 1.82) is 0 Å². The molecule has 0 radical (unpaired) electrons. The molecule has 1 aromatic heterocycles. The number of nitrogen functional groups attached to an aromatic ring is 1. The van der Waals surface area contributed by atoms with Crippen LogP contribution in [0.25, 0.3) is 0 Å². The summed E-state index contributed by atoms with van der Waals surface area (Å²) < 4.78 is 14.0. The van der Waals surface area contributed by atoms with Gasteiger partial charge in [0.2, 0.25) is 0 Å². The third kappa shape index (κ3) is 3.29. The summed E-state index contributed by atoms with van der Waals surface area (Å²) in [5.74, 6) is 0.208. The number of anilines is 2. The van der Waals surface area contributed by atoms with E-state index in [1.807, 2.05) is 12.1 Å². The number of nitrogens with two attached hydrogens (primary N) is 1. The molecule has 2 rings (SSSR count). The average molecular weight is 343 g/mol. The van der Waals surface area contributed by atoms with Crippen LogP contribution < -0.4 is 11.1 Å². The maximum Gasteiger partial charge on any atom is 0.146 e. The second kappa shape index (κ2) is 5.31. The number of nitrogens with one attached hydrogen (secondary N) is 1. The number of halogens is 2. The molecular formula is C12H11FIN3. The van der Waals surface area contributed by atoms with E-state index < -0.39 is 0 Å². The first kappa shape index (κ1) is 12.1. The number of benzene rings is 1. The Morgan fingerprint density at radius 3 is 2.94 bits per heavy atom. The number of hydrogen-bond acceptors (Lipinski definition) is 3. The summed E-state index contributed by atoms with van der Waals surface area (Å²) >= 11 is 2.16. The molecule has 0 bridgehead atoms. The molecule has 5 heteroatoms. The molecule has 88 valence electrons. The molecule has 0 saturated carbocycles. The van der Waals surface area contributed by atoms with Gasteiger partial charge >= 0.3 is 0 Å². The van der Waals surface area contributed by atoms with Crippen molar-refractivity contribution in [3.05, 3.63) is 51.5 Å². The lowest BCUT2D eigenvalue weighted by Gasteiger charge is -2.09. The Kier molecular flexibility index (Phi) is 3.78. The molecule has 1 aromatic carbocycles. The van der Waals surface area contributed by atoms with Crippen LogP contribution in [-0.2, 0) is 6.54 Å². The molecule has 0 fully saturated rings. The molecule has 3 N–H and O–H groups in total. The fraction of sp³-hybridized carbons (Fsp3) is 0.0833. The van der Waals surface area contributed by atoms with Crippen molar-refractivity contribution in [3.8, 4) is 0 Å². The normalized spacial score (nSPS) is 10.2. The average Bonchev–Trinajstić information content (AvgIpc) is 2.30. The molecular weight excluding hydrogens is 332 g/mol. The third-order valence-corrected chi connectivity index (χ3v) is 2.85. The van der Waals surface area contributed by atoms with Crippen LogP contribution in [0.15, 0.2) is 36.5 Å². The van der Waals surface area contributed by atoms with Gasteiger partial charge in [-0.25, -0.2) is 9.37 Å². The first-order chi connectivity index (χ1) is 8.15. The van der Waals surface area contributed by atoms with Gasteiger partial charge in [-0.15, -0.1) is 0 Å². The van der Waals surface area contributed by atoms with E-state index in [4.69, 9.17) is 5.73 Å². The second-order valence-electron chi connectivity index (χ2n) is 3.57. The van der Waals surface area contributed by atoms with E-state index in [1.165, 1.54) is 12.1 Å². The zero-order valence-corrected chi connectivity index (χ0v) is 11.1. The van der Waals surface area contributed by atoms with Crippen LogP contribution in [0.4, 0.5) is 15.9 Å². The van der Waals surface area contributed by atoms with Crippen molar-refractivity contribution in [2.45, 2.75) is 6.54 Å². The van der Waals surface area contributed by atoms with Crippen molar-refractivity contribution >= 4 is 34.1 Å². The molecule has 0 atom stereocenters. The monoisotopic (exact) mass is 343 g/mol. The van der Waals surface area contributed by atoms with Crippen LogP contribution in [0, 0.1) is 9.39 Å². The van der Waals surface area contributed by atoms with Crippen molar-refractivity contribution in [2.24, 2.45) is 0 Å². The summed E-state index contributed by atoms with van der Waals surface area (Å²) in [5, 5.41) is 3.14. The van der Waals surface area contributed by atoms with Gasteiger partial charge in [0, 0.05) is 16.3 Å². The highest BCUT2D eigenvalue weighted by molar-refractivity contribution is 14.1. The largest absolute Gasteiger partial charge is 0.382 e. The predicted octanol–water partition coefficient (Wildman–Crippen LogP) is 3.02.